The van der Waals surface area contributed by atoms with Crippen molar-refractivity contribution in [2.24, 2.45) is 0 Å². The molecule has 0 spiro atoms. The molecule has 84 valence electrons. The van der Waals surface area contributed by atoms with E-state index in [1.54, 1.807) is 30.5 Å². The number of rotatable bonds is 1. The molecule has 0 unspecified atom stereocenters. The van der Waals surface area contributed by atoms with Crippen LogP contribution in [0.5, 0.6) is 5.75 Å². The maximum atomic E-state index is 11.4. The van der Waals surface area contributed by atoms with Crippen molar-refractivity contribution in [1.82, 2.24) is 4.98 Å². The van der Waals surface area contributed by atoms with E-state index in [9.17, 15) is 9.90 Å². The quantitative estimate of drug-likeness (QED) is 0.758. The number of benzene rings is 1. The molecule has 1 aliphatic rings. The predicted molar refractivity (Wildman–Crippen MR) is 60.5 cm³/mol. The number of carbonyl (C=O) groups excluding carboxylic acids is 1. The Morgan fingerprint density at radius 1 is 1.24 bits per heavy atom. The molecule has 1 aliphatic heterocycles. The van der Waals surface area contributed by atoms with Gasteiger partial charge in [0, 0.05) is 17.3 Å². The molecule has 0 amide bonds. The number of aromatic nitrogens is 1. The van der Waals surface area contributed by atoms with Gasteiger partial charge in [-0.25, -0.2) is 4.79 Å². The van der Waals surface area contributed by atoms with Crippen molar-refractivity contribution in [3.8, 4) is 16.9 Å². The molecule has 0 saturated carbocycles. The van der Waals surface area contributed by atoms with Gasteiger partial charge in [0.05, 0.1) is 11.3 Å². The average Bonchev–Trinajstić information content (AvgIpc) is 2.71. The number of ether oxygens (including phenoxy) is 1. The minimum absolute atomic E-state index is 0.167. The second-order valence-corrected chi connectivity index (χ2v) is 3.81. The van der Waals surface area contributed by atoms with Crippen molar-refractivity contribution in [3.63, 3.8) is 0 Å². The monoisotopic (exact) mass is 227 g/mol. The topological polar surface area (TPSA) is 59.4 Å². The highest BCUT2D eigenvalue weighted by molar-refractivity contribution is 5.94. The van der Waals surface area contributed by atoms with Crippen molar-refractivity contribution in [2.75, 3.05) is 0 Å². The molecule has 0 aliphatic carbocycles. The lowest BCUT2D eigenvalue weighted by molar-refractivity contribution is 0.0533. The molecule has 4 nitrogen and oxygen atoms in total. The van der Waals surface area contributed by atoms with Crippen LogP contribution in [0.2, 0.25) is 0 Å². The number of cyclic esters (lactones) is 1. The number of phenols is 1. The minimum atomic E-state index is -0.357. The maximum absolute atomic E-state index is 11.4. The van der Waals surface area contributed by atoms with E-state index in [2.05, 4.69) is 4.98 Å². The molecule has 0 saturated heterocycles. The molecule has 0 fully saturated rings. The van der Waals surface area contributed by atoms with Gasteiger partial charge in [0.15, 0.2) is 0 Å². The first-order valence-electron chi connectivity index (χ1n) is 5.20. The fourth-order valence-electron chi connectivity index (χ4n) is 1.86. The molecule has 3 rings (SSSR count). The van der Waals surface area contributed by atoms with Crippen LogP contribution in [0.3, 0.4) is 0 Å². The lowest BCUT2D eigenvalue weighted by atomic mass is 10.0. The summed E-state index contributed by atoms with van der Waals surface area (Å²) >= 11 is 0. The third-order valence-corrected chi connectivity index (χ3v) is 2.75. The van der Waals surface area contributed by atoms with Crippen molar-refractivity contribution in [2.45, 2.75) is 6.61 Å². The third kappa shape index (κ3) is 1.54. The summed E-state index contributed by atoms with van der Waals surface area (Å²) < 4.78 is 4.88. The Kier molecular flexibility index (Phi) is 2.08. The summed E-state index contributed by atoms with van der Waals surface area (Å²) in [7, 11) is 0. The van der Waals surface area contributed by atoms with E-state index >= 15 is 0 Å². The summed E-state index contributed by atoms with van der Waals surface area (Å²) in [4.78, 5) is 15.6. The van der Waals surface area contributed by atoms with E-state index < -0.39 is 0 Å². The lowest BCUT2D eigenvalue weighted by Gasteiger charge is -2.04. The Bertz CT molecular complexity index is 607. The molecule has 1 aromatic heterocycles. The van der Waals surface area contributed by atoms with Gasteiger partial charge in [0.2, 0.25) is 0 Å². The summed E-state index contributed by atoms with van der Waals surface area (Å²) in [5.41, 5.74) is 2.49. The van der Waals surface area contributed by atoms with Crippen molar-refractivity contribution in [3.05, 3.63) is 47.8 Å². The Balaban J connectivity index is 2.15. The molecular weight excluding hydrogens is 218 g/mol. The number of para-hydroxylation sites is 1. The van der Waals surface area contributed by atoms with Crippen molar-refractivity contribution < 1.29 is 14.6 Å². The first-order valence-corrected chi connectivity index (χ1v) is 5.20. The molecule has 2 aromatic rings. The van der Waals surface area contributed by atoms with Gasteiger partial charge in [-0.05, 0) is 12.1 Å². The van der Waals surface area contributed by atoms with Crippen LogP contribution in [0.15, 0.2) is 36.5 Å². The van der Waals surface area contributed by atoms with Crippen LogP contribution in [0.1, 0.15) is 16.1 Å². The predicted octanol–water partition coefficient (Wildman–Crippen LogP) is 2.12. The molecule has 1 N–H and O–H groups in total. The van der Waals surface area contributed by atoms with Gasteiger partial charge in [0.25, 0.3) is 0 Å². The molecule has 2 heterocycles. The molecule has 1 aromatic carbocycles. The third-order valence-electron chi connectivity index (χ3n) is 2.75. The van der Waals surface area contributed by atoms with Crippen LogP contribution in [0, 0.1) is 0 Å². The summed E-state index contributed by atoms with van der Waals surface area (Å²) in [6.45, 7) is 0.231. The minimum Gasteiger partial charge on any atom is -0.507 e. The van der Waals surface area contributed by atoms with Crippen LogP contribution >= 0.6 is 0 Å². The van der Waals surface area contributed by atoms with Gasteiger partial charge >= 0.3 is 5.97 Å². The van der Waals surface area contributed by atoms with Crippen LogP contribution in [-0.4, -0.2) is 16.1 Å². The number of esters is 1. The van der Waals surface area contributed by atoms with E-state index in [1.165, 1.54) is 0 Å². The number of phenolic OH excluding ortho intramolecular Hbond substituents is 1. The van der Waals surface area contributed by atoms with Crippen molar-refractivity contribution >= 4 is 5.97 Å². The van der Waals surface area contributed by atoms with Gasteiger partial charge in [0.1, 0.15) is 12.4 Å². The highest BCUT2D eigenvalue weighted by atomic mass is 16.5. The highest BCUT2D eigenvalue weighted by Gasteiger charge is 2.23. The normalized spacial score (nSPS) is 13.3. The lowest BCUT2D eigenvalue weighted by Crippen LogP contribution is -1.95. The highest BCUT2D eigenvalue weighted by Crippen LogP contribution is 2.30. The fraction of sp³-hybridized carbons (Fsp3) is 0.0769. The van der Waals surface area contributed by atoms with Crippen LogP contribution in [0.25, 0.3) is 11.1 Å². The number of carbonyl (C=O) groups is 1. The number of nitrogens with zero attached hydrogens (tertiary/aromatic N) is 1. The summed E-state index contributed by atoms with van der Waals surface area (Å²) in [5.74, 6) is -0.189. The standard InChI is InChI=1S/C13H9NO3/c15-12-4-2-1-3-9(12)8-5-10-11(14-6-8)7-17-13(10)16/h1-6,15H,7H2. The number of pyridine rings is 1. The summed E-state index contributed by atoms with van der Waals surface area (Å²) in [6, 6.07) is 8.64. The van der Waals surface area contributed by atoms with Gasteiger partial charge in [-0.3, -0.25) is 4.98 Å². The molecule has 0 radical (unpaired) electrons. The van der Waals surface area contributed by atoms with Gasteiger partial charge in [-0.2, -0.15) is 0 Å². The van der Waals surface area contributed by atoms with E-state index in [0.29, 0.717) is 22.4 Å². The number of hydrogen-bond acceptors (Lipinski definition) is 4. The summed E-state index contributed by atoms with van der Waals surface area (Å²) in [6.07, 6.45) is 1.63. The second-order valence-electron chi connectivity index (χ2n) is 3.81. The Hall–Kier alpha value is -2.36. The van der Waals surface area contributed by atoms with E-state index in [1.807, 2.05) is 6.07 Å². The Labute approximate surface area is 97.5 Å². The zero-order valence-corrected chi connectivity index (χ0v) is 8.88. The summed E-state index contributed by atoms with van der Waals surface area (Å²) in [5, 5.41) is 9.73. The molecule has 4 heteroatoms. The molecule has 0 atom stereocenters. The second kappa shape index (κ2) is 3.59. The van der Waals surface area contributed by atoms with E-state index in [4.69, 9.17) is 4.74 Å². The van der Waals surface area contributed by atoms with Gasteiger partial charge in [-0.15, -0.1) is 0 Å². The van der Waals surface area contributed by atoms with Crippen LogP contribution < -0.4 is 0 Å². The molecule has 17 heavy (non-hydrogen) atoms. The Morgan fingerprint density at radius 2 is 2.06 bits per heavy atom. The maximum Gasteiger partial charge on any atom is 0.340 e. The zero-order valence-electron chi connectivity index (χ0n) is 8.88. The smallest absolute Gasteiger partial charge is 0.340 e. The first-order chi connectivity index (χ1) is 8.25. The number of hydrogen-bond donors (Lipinski definition) is 1. The number of aromatic hydroxyl groups is 1. The van der Waals surface area contributed by atoms with Gasteiger partial charge < -0.3 is 9.84 Å². The Morgan fingerprint density at radius 3 is 2.88 bits per heavy atom. The van der Waals surface area contributed by atoms with Crippen molar-refractivity contribution in [1.29, 1.82) is 0 Å². The molecule has 0 bridgehead atoms. The van der Waals surface area contributed by atoms with E-state index in [0.717, 1.165) is 0 Å². The van der Waals surface area contributed by atoms with Crippen LogP contribution in [0.4, 0.5) is 0 Å². The zero-order chi connectivity index (χ0) is 11.8. The SMILES string of the molecule is O=C1OCc2ncc(-c3ccccc3O)cc21. The molecular formula is C13H9NO3. The fourth-order valence-corrected chi connectivity index (χ4v) is 1.86. The average molecular weight is 227 g/mol. The number of fused-ring (bicyclic) bond motifs is 1. The largest absolute Gasteiger partial charge is 0.507 e. The van der Waals surface area contributed by atoms with Gasteiger partial charge in [-0.1, -0.05) is 18.2 Å². The van der Waals surface area contributed by atoms with E-state index in [-0.39, 0.29) is 18.3 Å². The van der Waals surface area contributed by atoms with Crippen LogP contribution in [-0.2, 0) is 11.3 Å². The first kappa shape index (κ1) is 9.84.